The van der Waals surface area contributed by atoms with E-state index in [9.17, 15) is 4.79 Å². The van der Waals surface area contributed by atoms with Gasteiger partial charge in [-0.1, -0.05) is 26.7 Å². The van der Waals surface area contributed by atoms with E-state index < -0.39 is 0 Å². The van der Waals surface area contributed by atoms with Crippen molar-refractivity contribution in [3.8, 4) is 0 Å². The number of nitrogens with zero attached hydrogens (tertiary/aromatic N) is 1. The Morgan fingerprint density at radius 3 is 2.88 bits per heavy atom. The lowest BCUT2D eigenvalue weighted by Gasteiger charge is -2.34. The molecule has 1 aromatic heterocycles. The SMILES string of the molecule is Cc1cc(=O)[nH]c(NC2CCCC(C)C2C)n1. The van der Waals surface area contributed by atoms with Crippen molar-refractivity contribution in [3.05, 3.63) is 22.1 Å². The van der Waals surface area contributed by atoms with Crippen LogP contribution in [0.2, 0.25) is 0 Å². The molecular formula is C13H21N3O. The normalized spacial score (nSPS) is 29.0. The summed E-state index contributed by atoms with van der Waals surface area (Å²) in [6, 6.07) is 1.93. The Morgan fingerprint density at radius 2 is 2.18 bits per heavy atom. The Hall–Kier alpha value is -1.32. The molecule has 1 aliphatic carbocycles. The van der Waals surface area contributed by atoms with Crippen molar-refractivity contribution in [2.24, 2.45) is 11.8 Å². The van der Waals surface area contributed by atoms with Crippen molar-refractivity contribution >= 4 is 5.95 Å². The molecule has 0 aromatic carbocycles. The smallest absolute Gasteiger partial charge is 0.252 e. The van der Waals surface area contributed by atoms with Crippen molar-refractivity contribution < 1.29 is 0 Å². The lowest BCUT2D eigenvalue weighted by Crippen LogP contribution is -2.36. The predicted octanol–water partition coefficient (Wildman–Crippen LogP) is 2.31. The van der Waals surface area contributed by atoms with E-state index in [4.69, 9.17) is 0 Å². The molecular weight excluding hydrogens is 214 g/mol. The molecule has 3 unspecified atom stereocenters. The van der Waals surface area contributed by atoms with Crippen LogP contribution in [0.1, 0.15) is 38.8 Å². The second-order valence-corrected chi connectivity index (χ2v) is 5.25. The number of hydrogen-bond donors (Lipinski definition) is 2. The highest BCUT2D eigenvalue weighted by atomic mass is 16.1. The van der Waals surface area contributed by atoms with Crippen LogP contribution in [0.4, 0.5) is 5.95 Å². The molecule has 0 amide bonds. The highest BCUT2D eigenvalue weighted by molar-refractivity contribution is 5.27. The second kappa shape index (κ2) is 4.90. The second-order valence-electron chi connectivity index (χ2n) is 5.25. The molecule has 2 rings (SSSR count). The molecule has 4 heteroatoms. The molecule has 1 aromatic rings. The van der Waals surface area contributed by atoms with E-state index in [-0.39, 0.29) is 5.56 Å². The van der Waals surface area contributed by atoms with Gasteiger partial charge in [0.15, 0.2) is 0 Å². The minimum Gasteiger partial charge on any atom is -0.353 e. The highest BCUT2D eigenvalue weighted by Gasteiger charge is 2.27. The molecule has 3 atom stereocenters. The Bertz CT molecular complexity index is 441. The summed E-state index contributed by atoms with van der Waals surface area (Å²) in [5.41, 5.74) is 0.671. The summed E-state index contributed by atoms with van der Waals surface area (Å²) in [5.74, 6) is 1.97. The minimum absolute atomic E-state index is 0.0866. The zero-order valence-corrected chi connectivity index (χ0v) is 10.8. The zero-order chi connectivity index (χ0) is 12.4. The van der Waals surface area contributed by atoms with Gasteiger partial charge in [-0.3, -0.25) is 9.78 Å². The van der Waals surface area contributed by atoms with Crippen molar-refractivity contribution in [3.63, 3.8) is 0 Å². The van der Waals surface area contributed by atoms with Crippen LogP contribution in [0.25, 0.3) is 0 Å². The fourth-order valence-electron chi connectivity index (χ4n) is 2.61. The van der Waals surface area contributed by atoms with Crippen LogP contribution >= 0.6 is 0 Å². The Kier molecular flexibility index (Phi) is 3.50. The number of aromatic amines is 1. The van der Waals surface area contributed by atoms with Crippen LogP contribution in [0.5, 0.6) is 0 Å². The Morgan fingerprint density at radius 1 is 1.41 bits per heavy atom. The van der Waals surface area contributed by atoms with Gasteiger partial charge in [-0.2, -0.15) is 0 Å². The van der Waals surface area contributed by atoms with Crippen LogP contribution < -0.4 is 10.9 Å². The lowest BCUT2D eigenvalue weighted by molar-refractivity contribution is 0.252. The Balaban J connectivity index is 2.12. The van der Waals surface area contributed by atoms with Crippen molar-refractivity contribution in [1.29, 1.82) is 0 Å². The van der Waals surface area contributed by atoms with Crippen molar-refractivity contribution in [2.75, 3.05) is 5.32 Å². The third kappa shape index (κ3) is 2.87. The van der Waals surface area contributed by atoms with Gasteiger partial charge in [0.2, 0.25) is 5.95 Å². The molecule has 0 bridgehead atoms. The predicted molar refractivity (Wildman–Crippen MR) is 69.2 cm³/mol. The van der Waals surface area contributed by atoms with E-state index in [0.29, 0.717) is 17.9 Å². The van der Waals surface area contributed by atoms with Crippen LogP contribution in [0.3, 0.4) is 0 Å². The number of anilines is 1. The maximum atomic E-state index is 11.4. The number of rotatable bonds is 2. The molecule has 0 saturated heterocycles. The average molecular weight is 235 g/mol. The number of aryl methyl sites for hydroxylation is 1. The maximum absolute atomic E-state index is 11.4. The summed E-state index contributed by atoms with van der Waals surface area (Å²) >= 11 is 0. The van der Waals surface area contributed by atoms with Crippen LogP contribution in [-0.2, 0) is 0 Å². The quantitative estimate of drug-likeness (QED) is 0.827. The molecule has 1 heterocycles. The molecule has 2 N–H and O–H groups in total. The monoisotopic (exact) mass is 235 g/mol. The first-order valence-electron chi connectivity index (χ1n) is 6.41. The van der Waals surface area contributed by atoms with Crippen molar-refractivity contribution in [1.82, 2.24) is 9.97 Å². The minimum atomic E-state index is -0.0866. The van der Waals surface area contributed by atoms with Gasteiger partial charge >= 0.3 is 0 Å². The number of hydrogen-bond acceptors (Lipinski definition) is 3. The van der Waals surface area contributed by atoms with Gasteiger partial charge in [-0.25, -0.2) is 4.98 Å². The first kappa shape index (κ1) is 12.1. The summed E-state index contributed by atoms with van der Waals surface area (Å²) in [5, 5.41) is 3.38. The van der Waals surface area contributed by atoms with E-state index in [1.807, 2.05) is 6.92 Å². The Labute approximate surface area is 102 Å². The summed E-state index contributed by atoms with van der Waals surface area (Å²) in [7, 11) is 0. The largest absolute Gasteiger partial charge is 0.353 e. The molecule has 0 aliphatic heterocycles. The average Bonchev–Trinajstić information content (AvgIpc) is 2.23. The molecule has 1 aliphatic rings. The third-order valence-corrected chi connectivity index (χ3v) is 3.90. The lowest BCUT2D eigenvalue weighted by atomic mass is 9.78. The maximum Gasteiger partial charge on any atom is 0.252 e. The van der Waals surface area contributed by atoms with Gasteiger partial charge in [0.05, 0.1) is 0 Å². The molecule has 94 valence electrons. The molecule has 0 radical (unpaired) electrons. The topological polar surface area (TPSA) is 57.8 Å². The van der Waals surface area contributed by atoms with Crippen LogP contribution in [-0.4, -0.2) is 16.0 Å². The molecule has 0 spiro atoms. The van der Waals surface area contributed by atoms with Gasteiger partial charge in [0.1, 0.15) is 0 Å². The van der Waals surface area contributed by atoms with Gasteiger partial charge in [0, 0.05) is 17.8 Å². The van der Waals surface area contributed by atoms with Gasteiger partial charge < -0.3 is 5.32 Å². The standard InChI is InChI=1S/C13H21N3O/c1-8-5-4-6-11(10(8)3)15-13-14-9(2)7-12(17)16-13/h7-8,10-11H,4-6H2,1-3H3,(H2,14,15,16,17). The summed E-state index contributed by atoms with van der Waals surface area (Å²) in [6.07, 6.45) is 3.71. The van der Waals surface area contributed by atoms with Crippen LogP contribution in [0.15, 0.2) is 10.9 Å². The van der Waals surface area contributed by atoms with E-state index in [2.05, 4.69) is 29.1 Å². The van der Waals surface area contributed by atoms with E-state index in [1.54, 1.807) is 0 Å². The summed E-state index contributed by atoms with van der Waals surface area (Å²) in [6.45, 7) is 6.41. The number of aromatic nitrogens is 2. The van der Waals surface area contributed by atoms with Crippen LogP contribution in [0, 0.1) is 18.8 Å². The first-order valence-corrected chi connectivity index (χ1v) is 6.41. The fraction of sp³-hybridized carbons (Fsp3) is 0.692. The number of H-pyrrole nitrogens is 1. The zero-order valence-electron chi connectivity index (χ0n) is 10.8. The summed E-state index contributed by atoms with van der Waals surface area (Å²) in [4.78, 5) is 18.4. The third-order valence-electron chi connectivity index (χ3n) is 3.90. The molecule has 4 nitrogen and oxygen atoms in total. The molecule has 17 heavy (non-hydrogen) atoms. The van der Waals surface area contributed by atoms with Gasteiger partial charge in [-0.15, -0.1) is 0 Å². The first-order chi connectivity index (χ1) is 8.06. The number of nitrogens with one attached hydrogen (secondary N) is 2. The van der Waals surface area contributed by atoms with Crippen molar-refractivity contribution in [2.45, 2.75) is 46.1 Å². The fourth-order valence-corrected chi connectivity index (χ4v) is 2.61. The van der Waals surface area contributed by atoms with E-state index >= 15 is 0 Å². The van der Waals surface area contributed by atoms with E-state index in [1.165, 1.54) is 18.9 Å². The van der Waals surface area contributed by atoms with Gasteiger partial charge in [-0.05, 0) is 25.2 Å². The van der Waals surface area contributed by atoms with Gasteiger partial charge in [0.25, 0.3) is 5.56 Å². The summed E-state index contributed by atoms with van der Waals surface area (Å²) < 4.78 is 0. The molecule has 1 saturated carbocycles. The highest BCUT2D eigenvalue weighted by Crippen LogP contribution is 2.30. The molecule has 1 fully saturated rings. The van der Waals surface area contributed by atoms with E-state index in [0.717, 1.165) is 18.0 Å².